The Balaban J connectivity index is 6.02. The van der Waals surface area contributed by atoms with Gasteiger partial charge < -0.3 is 48.3 Å². The molecule has 0 unspecified atom stereocenters. The normalized spacial score (nSPS) is 15.8. The number of rotatable bonds is 23. The number of aliphatic carboxylic acids is 2. The topological polar surface area (TPSA) is 272 Å². The van der Waals surface area contributed by atoms with E-state index in [1.54, 1.807) is 48.5 Å². The summed E-state index contributed by atoms with van der Waals surface area (Å²) in [5, 5.41) is 31.7. The first kappa shape index (κ1) is 44.2. The van der Waals surface area contributed by atoms with E-state index < -0.39 is 96.0 Å². The van der Waals surface area contributed by atoms with E-state index in [9.17, 15) is 43.8 Å². The van der Waals surface area contributed by atoms with Crippen LogP contribution in [-0.2, 0) is 33.6 Å². The number of hydrogen-bond donors (Lipinski definition) is 9. The summed E-state index contributed by atoms with van der Waals surface area (Å²) < 4.78 is 0. The van der Waals surface area contributed by atoms with E-state index >= 15 is 0 Å². The van der Waals surface area contributed by atoms with Crippen LogP contribution in [0.3, 0.4) is 0 Å². The number of unbranched alkanes of at least 4 members (excludes halogenated alkanes) is 1. The maximum atomic E-state index is 13.5. The first-order valence-corrected chi connectivity index (χ1v) is 16.7. The van der Waals surface area contributed by atoms with Crippen molar-refractivity contribution in [2.75, 3.05) is 6.54 Å². The van der Waals surface area contributed by atoms with Gasteiger partial charge in [-0.2, -0.15) is 0 Å². The van der Waals surface area contributed by atoms with Crippen molar-refractivity contribution in [2.45, 2.75) is 130 Å². The predicted molar refractivity (Wildman–Crippen MR) is 179 cm³/mol. The van der Waals surface area contributed by atoms with Crippen molar-refractivity contribution in [2.24, 2.45) is 35.1 Å². The van der Waals surface area contributed by atoms with Gasteiger partial charge >= 0.3 is 11.9 Å². The monoisotopic (exact) mass is 685 g/mol. The zero-order valence-corrected chi connectivity index (χ0v) is 29.6. The van der Waals surface area contributed by atoms with Crippen LogP contribution in [0.2, 0.25) is 0 Å². The molecule has 16 heteroatoms. The van der Waals surface area contributed by atoms with Crippen LogP contribution in [0.5, 0.6) is 0 Å². The molecule has 0 saturated carbocycles. The zero-order valence-electron chi connectivity index (χ0n) is 29.6. The van der Waals surface area contributed by atoms with Crippen LogP contribution in [0.4, 0.5) is 0 Å². The summed E-state index contributed by atoms with van der Waals surface area (Å²) in [7, 11) is 0. The van der Waals surface area contributed by atoms with Gasteiger partial charge in [0.05, 0.1) is 12.5 Å². The highest BCUT2D eigenvalue weighted by Crippen LogP contribution is 2.12. The molecule has 0 aliphatic carbocycles. The maximum absolute atomic E-state index is 13.5. The summed E-state index contributed by atoms with van der Waals surface area (Å²) in [6.07, 6.45) is 1.08. The number of hydrogen-bond acceptors (Lipinski definition) is 9. The molecule has 5 amide bonds. The van der Waals surface area contributed by atoms with Crippen LogP contribution >= 0.6 is 0 Å². The summed E-state index contributed by atoms with van der Waals surface area (Å²) in [5.41, 5.74) is 11.5. The number of carboxylic acid groups (broad SMARTS) is 2. The standard InChI is InChI=1S/C32H59N7O9/c1-9-19(8)24(34)29(44)39-26(18(6)7)31(46)37-22(15-23(40)41)27(42)36-21(14-16(2)3)28(43)38-25(17(4)5)30(45)35-20(32(47)48)12-10-11-13-33/h16-22,24-26H,9-15,33-34H2,1-8H3,(H,35,45)(H,36,42)(H,37,46)(H,38,43)(H,39,44)(H,40,41)(H,47,48)/t19-,20-,21-,22-,24-,25-,26-/m0/s1. The molecule has 0 bridgehead atoms. The number of carbonyl (C=O) groups is 7. The Morgan fingerprint density at radius 3 is 1.50 bits per heavy atom. The van der Waals surface area contributed by atoms with Crippen molar-refractivity contribution in [3.8, 4) is 0 Å². The van der Waals surface area contributed by atoms with E-state index in [-0.39, 0.29) is 24.7 Å². The van der Waals surface area contributed by atoms with Crippen molar-refractivity contribution in [1.29, 1.82) is 0 Å². The van der Waals surface area contributed by atoms with Crippen LogP contribution in [0.25, 0.3) is 0 Å². The molecular formula is C32H59N7O9. The van der Waals surface area contributed by atoms with Gasteiger partial charge in [0.15, 0.2) is 0 Å². The summed E-state index contributed by atoms with van der Waals surface area (Å²) in [6.45, 7) is 14.2. The number of carboxylic acids is 2. The molecule has 16 nitrogen and oxygen atoms in total. The largest absolute Gasteiger partial charge is 0.481 e. The summed E-state index contributed by atoms with van der Waals surface area (Å²) in [6, 6.07) is -7.24. The Kier molecular flexibility index (Phi) is 20.2. The van der Waals surface area contributed by atoms with Gasteiger partial charge in [0, 0.05) is 0 Å². The molecule has 0 rings (SSSR count). The Labute approximate surface area is 283 Å². The summed E-state index contributed by atoms with van der Waals surface area (Å²) >= 11 is 0. The molecular weight excluding hydrogens is 626 g/mol. The van der Waals surface area contributed by atoms with Gasteiger partial charge in [-0.25, -0.2) is 4.79 Å². The minimum absolute atomic E-state index is 0.0900. The summed E-state index contributed by atoms with van der Waals surface area (Å²) in [4.78, 5) is 89.5. The fraction of sp³-hybridized carbons (Fsp3) is 0.781. The number of nitrogens with two attached hydrogens (primary N) is 2. The Bertz CT molecular complexity index is 1100. The van der Waals surface area contributed by atoms with Crippen molar-refractivity contribution in [3.05, 3.63) is 0 Å². The van der Waals surface area contributed by atoms with E-state index in [2.05, 4.69) is 26.6 Å². The highest BCUT2D eigenvalue weighted by molar-refractivity contribution is 5.97. The quantitative estimate of drug-likeness (QED) is 0.0637. The third-order valence-electron chi connectivity index (χ3n) is 7.97. The van der Waals surface area contributed by atoms with Crippen molar-refractivity contribution in [3.63, 3.8) is 0 Å². The minimum Gasteiger partial charge on any atom is -0.481 e. The zero-order chi connectivity index (χ0) is 37.3. The Morgan fingerprint density at radius 1 is 0.625 bits per heavy atom. The first-order valence-electron chi connectivity index (χ1n) is 16.7. The molecule has 276 valence electrons. The molecule has 0 heterocycles. The fourth-order valence-corrected chi connectivity index (χ4v) is 4.72. The SMILES string of the molecule is CC[C@H](C)[C@H](N)C(=O)N[C@H](C(=O)N[C@@H](CC(=O)O)C(=O)N[C@@H](CC(C)C)C(=O)N[C@H](C(=O)N[C@@H](CCCCN)C(=O)O)C(C)C)C(C)C. The lowest BCUT2D eigenvalue weighted by molar-refractivity contribution is -0.143. The lowest BCUT2D eigenvalue weighted by Crippen LogP contribution is -2.61. The number of carbonyl (C=O) groups excluding carboxylic acids is 5. The summed E-state index contributed by atoms with van der Waals surface area (Å²) in [5.74, 6) is -7.70. The highest BCUT2D eigenvalue weighted by Gasteiger charge is 2.35. The predicted octanol–water partition coefficient (Wildman–Crippen LogP) is -0.170. The Hall–Kier alpha value is -3.79. The molecule has 0 radical (unpaired) electrons. The third kappa shape index (κ3) is 15.9. The average molecular weight is 686 g/mol. The molecule has 0 fully saturated rings. The number of nitrogens with one attached hydrogen (secondary N) is 5. The van der Waals surface area contributed by atoms with E-state index in [0.717, 1.165) is 0 Å². The minimum atomic E-state index is -1.62. The molecule has 0 spiro atoms. The highest BCUT2D eigenvalue weighted by atomic mass is 16.4. The van der Waals surface area contributed by atoms with Crippen LogP contribution < -0.4 is 38.1 Å². The van der Waals surface area contributed by atoms with Crippen LogP contribution in [0.1, 0.15) is 93.9 Å². The molecule has 0 aromatic heterocycles. The lowest BCUT2D eigenvalue weighted by atomic mass is 9.97. The maximum Gasteiger partial charge on any atom is 0.326 e. The van der Waals surface area contributed by atoms with Crippen molar-refractivity contribution >= 4 is 41.5 Å². The molecule has 11 N–H and O–H groups in total. The second-order valence-electron chi connectivity index (χ2n) is 13.4. The van der Waals surface area contributed by atoms with Gasteiger partial charge in [-0.3, -0.25) is 28.8 Å². The van der Waals surface area contributed by atoms with Gasteiger partial charge in [-0.05, 0) is 55.9 Å². The van der Waals surface area contributed by atoms with Crippen LogP contribution in [0.15, 0.2) is 0 Å². The lowest BCUT2D eigenvalue weighted by Gasteiger charge is -2.29. The third-order valence-corrected chi connectivity index (χ3v) is 7.97. The Morgan fingerprint density at radius 2 is 1.08 bits per heavy atom. The molecule has 0 aliphatic rings. The average Bonchev–Trinajstić information content (AvgIpc) is 2.99. The molecule has 7 atom stereocenters. The van der Waals surface area contributed by atoms with Crippen molar-refractivity contribution in [1.82, 2.24) is 26.6 Å². The van der Waals surface area contributed by atoms with E-state index in [0.29, 0.717) is 25.8 Å². The fourth-order valence-electron chi connectivity index (χ4n) is 4.72. The van der Waals surface area contributed by atoms with E-state index in [4.69, 9.17) is 11.5 Å². The smallest absolute Gasteiger partial charge is 0.326 e. The molecule has 0 aliphatic heterocycles. The first-order chi connectivity index (χ1) is 22.3. The van der Waals surface area contributed by atoms with Crippen LogP contribution in [-0.4, -0.2) is 94.5 Å². The molecule has 0 saturated heterocycles. The molecule has 48 heavy (non-hydrogen) atoms. The van der Waals surface area contributed by atoms with E-state index in [1.165, 1.54) is 0 Å². The van der Waals surface area contributed by atoms with Gasteiger partial charge in [-0.15, -0.1) is 0 Å². The molecule has 0 aromatic rings. The van der Waals surface area contributed by atoms with Gasteiger partial charge in [0.2, 0.25) is 29.5 Å². The van der Waals surface area contributed by atoms with Gasteiger partial charge in [-0.1, -0.05) is 61.8 Å². The van der Waals surface area contributed by atoms with Crippen LogP contribution in [0, 0.1) is 23.7 Å². The van der Waals surface area contributed by atoms with E-state index in [1.807, 2.05) is 6.92 Å². The number of amides is 5. The molecule has 0 aromatic carbocycles. The second kappa shape index (κ2) is 22.0. The van der Waals surface area contributed by atoms with Crippen molar-refractivity contribution < 1.29 is 43.8 Å². The van der Waals surface area contributed by atoms with Gasteiger partial charge in [0.1, 0.15) is 30.2 Å². The van der Waals surface area contributed by atoms with Gasteiger partial charge in [0.25, 0.3) is 0 Å². The second-order valence-corrected chi connectivity index (χ2v) is 13.4.